The molecule has 3 saturated heterocycles. The van der Waals surface area contributed by atoms with Crippen molar-refractivity contribution >= 4 is 63.7 Å². The summed E-state index contributed by atoms with van der Waals surface area (Å²) in [5.41, 5.74) is 7.99. The molecule has 17 nitrogen and oxygen atoms in total. The number of pyridine rings is 1. The molecule has 3 aromatic heterocycles. The lowest BCUT2D eigenvalue weighted by atomic mass is 9.67. The van der Waals surface area contributed by atoms with Gasteiger partial charge in [-0.3, -0.25) is 29.3 Å². The van der Waals surface area contributed by atoms with Gasteiger partial charge < -0.3 is 34.1 Å². The molecule has 0 saturated carbocycles. The second-order valence-electron chi connectivity index (χ2n) is 22.2. The molecule has 74 heavy (non-hydrogen) atoms. The van der Waals surface area contributed by atoms with Gasteiger partial charge >= 0.3 is 12.0 Å². The number of ether oxygens (including phenoxy) is 2. The smallest absolute Gasteiger partial charge is 0.327 e. The molecule has 1 spiro atoms. The van der Waals surface area contributed by atoms with Gasteiger partial charge in [0, 0.05) is 117 Å². The molecule has 7 heterocycles. The fraction of sp³-hybridized carbons (Fsp3) is 0.582. The van der Waals surface area contributed by atoms with Crippen LogP contribution in [0, 0.1) is 17.3 Å². The Bertz CT molecular complexity index is 2820. The third-order valence-corrected chi connectivity index (χ3v) is 18.6. The number of hydrogen-bond acceptors (Lipinski definition) is 13. The minimum absolute atomic E-state index is 0.0706. The van der Waals surface area contributed by atoms with Gasteiger partial charge in [-0.2, -0.15) is 0 Å². The van der Waals surface area contributed by atoms with Crippen molar-refractivity contribution < 1.29 is 33.4 Å². The number of esters is 1. The number of aromatic nitrogens is 3. The summed E-state index contributed by atoms with van der Waals surface area (Å²) in [5.74, 6) is -2.56. The van der Waals surface area contributed by atoms with Crippen molar-refractivity contribution in [1.29, 1.82) is 0 Å². The highest BCUT2D eigenvalue weighted by Gasteiger charge is 2.50. The molecular formula is C55H74N10O7S2. The molecular weight excluding hydrogens is 977 g/mol. The number of carbonyl (C=O) groups excluding carboxylic acids is 5. The summed E-state index contributed by atoms with van der Waals surface area (Å²) in [6, 6.07) is 9.44. The molecule has 398 valence electrons. The number of thiazole rings is 1. The van der Waals surface area contributed by atoms with Crippen LogP contribution in [0.5, 0.6) is 0 Å². The van der Waals surface area contributed by atoms with Gasteiger partial charge in [-0.25, -0.2) is 20.0 Å². The van der Waals surface area contributed by atoms with Gasteiger partial charge in [0.2, 0.25) is 17.7 Å². The monoisotopic (exact) mass is 1050 g/mol. The van der Waals surface area contributed by atoms with Crippen molar-refractivity contribution in [3.8, 4) is 22.5 Å². The van der Waals surface area contributed by atoms with Gasteiger partial charge in [-0.1, -0.05) is 40.3 Å². The van der Waals surface area contributed by atoms with Gasteiger partial charge in [0.05, 0.1) is 40.0 Å². The molecule has 6 atom stereocenters. The molecule has 5 aliphatic rings. The lowest BCUT2D eigenvalue weighted by Crippen LogP contribution is -2.66. The number of cyclic esters (lactones) is 1. The Kier molecular flexibility index (Phi) is 15.2. The first-order valence-corrected chi connectivity index (χ1v) is 28.3. The standard InChI is InChI=1S/C55H74N10O7S2/c1-12-41(66)63-27-26-60(8)55(31-63)20-24-62(25-21-55)52(70)61(9)45(33(3)4)48(67)58-49(73-11)37-29-40-57-38(30-74-40)34-17-18-39-36(28-34)42-43(47(71-10)44-35(16-14-22-56-44)46(42)64(39)13-2)53(5,6)32-72-51(69)54(7)19-15-23-65(59-54)50(37)68/h12,14,16-18,22,28,30,33,37,43,45,47,49,59H,1,13,15,19-21,23-27,29,31-32H2,2-11H3,(H,58,67)/t37?,43?,45-,47-,49?,54+/m0/s1. The molecule has 1 aromatic carbocycles. The lowest BCUT2D eigenvalue weighted by Gasteiger charge is -2.53. The fourth-order valence-corrected chi connectivity index (χ4v) is 14.2. The van der Waals surface area contributed by atoms with Gasteiger partial charge in [-0.15, -0.1) is 23.1 Å². The van der Waals surface area contributed by atoms with Crippen LogP contribution in [0.15, 0.2) is 54.6 Å². The number of nitrogens with one attached hydrogen (secondary N) is 2. The maximum Gasteiger partial charge on any atom is 0.327 e. The van der Waals surface area contributed by atoms with Gasteiger partial charge in [-0.05, 0) is 94.7 Å². The Morgan fingerprint density at radius 3 is 2.53 bits per heavy atom. The Morgan fingerprint density at radius 2 is 1.84 bits per heavy atom. The fourth-order valence-electron chi connectivity index (χ4n) is 12.6. The van der Waals surface area contributed by atoms with E-state index >= 15 is 4.79 Å². The molecule has 9 rings (SSSR count). The van der Waals surface area contributed by atoms with E-state index in [4.69, 9.17) is 19.4 Å². The van der Waals surface area contributed by atoms with Crippen LogP contribution in [0.3, 0.4) is 0 Å². The van der Waals surface area contributed by atoms with Crippen LogP contribution in [0.4, 0.5) is 4.79 Å². The first-order chi connectivity index (χ1) is 35.3. The molecule has 2 N–H and O–H groups in total. The van der Waals surface area contributed by atoms with E-state index in [2.05, 4.69) is 78.9 Å². The van der Waals surface area contributed by atoms with E-state index in [9.17, 15) is 19.2 Å². The van der Waals surface area contributed by atoms with Gasteiger partial charge in [0.1, 0.15) is 17.7 Å². The van der Waals surface area contributed by atoms with E-state index in [0.717, 1.165) is 56.2 Å². The third kappa shape index (κ3) is 9.53. The lowest BCUT2D eigenvalue weighted by molar-refractivity contribution is -0.163. The van der Waals surface area contributed by atoms with E-state index in [1.54, 1.807) is 32.2 Å². The number of hydrazine groups is 1. The highest BCUT2D eigenvalue weighted by atomic mass is 32.2. The zero-order chi connectivity index (χ0) is 53.0. The maximum atomic E-state index is 15.2. The molecule has 0 radical (unpaired) electrons. The number of benzene rings is 1. The number of nitrogens with zero attached hydrogens (tertiary/aromatic N) is 8. The van der Waals surface area contributed by atoms with Crippen molar-refractivity contribution in [2.75, 3.05) is 73.3 Å². The molecule has 19 heteroatoms. The molecule has 4 aliphatic heterocycles. The second kappa shape index (κ2) is 21.0. The normalized spacial score (nSPS) is 24.7. The number of carbonyl (C=O) groups is 5. The van der Waals surface area contributed by atoms with Crippen LogP contribution >= 0.6 is 23.1 Å². The quantitative estimate of drug-likeness (QED) is 0.101. The van der Waals surface area contributed by atoms with Crippen LogP contribution in [0.1, 0.15) is 95.5 Å². The summed E-state index contributed by atoms with van der Waals surface area (Å²) in [5, 5.41) is 7.85. The molecule has 4 aromatic rings. The second-order valence-corrected chi connectivity index (χ2v) is 24.1. The summed E-state index contributed by atoms with van der Waals surface area (Å²) >= 11 is 2.83. The summed E-state index contributed by atoms with van der Waals surface area (Å²) < 4.78 is 15.1. The number of likely N-dealkylation sites (tertiary alicyclic amines) is 1. The summed E-state index contributed by atoms with van der Waals surface area (Å²) in [4.78, 5) is 89.2. The van der Waals surface area contributed by atoms with Crippen LogP contribution < -0.4 is 10.7 Å². The molecule has 3 unspecified atom stereocenters. The number of piperazine rings is 1. The van der Waals surface area contributed by atoms with Crippen molar-refractivity contribution in [3.05, 3.63) is 70.8 Å². The number of piperidine rings is 1. The minimum atomic E-state index is -1.24. The van der Waals surface area contributed by atoms with Crippen LogP contribution in [-0.4, -0.2) is 165 Å². The predicted octanol–water partition coefficient (Wildman–Crippen LogP) is 6.94. The molecule has 1 aliphatic carbocycles. The van der Waals surface area contributed by atoms with Crippen LogP contribution in [0.25, 0.3) is 33.4 Å². The van der Waals surface area contributed by atoms with Crippen LogP contribution in [0.2, 0.25) is 0 Å². The number of fused-ring (bicyclic) bond motifs is 8. The maximum absolute atomic E-state index is 15.2. The van der Waals surface area contributed by atoms with E-state index in [0.29, 0.717) is 65.0 Å². The van der Waals surface area contributed by atoms with Gasteiger partial charge in [0.15, 0.2) is 0 Å². The van der Waals surface area contributed by atoms with Crippen molar-refractivity contribution in [2.45, 2.75) is 115 Å². The van der Waals surface area contributed by atoms with Crippen molar-refractivity contribution in [1.82, 2.24) is 49.9 Å². The number of methoxy groups -OCH3 is 1. The molecule has 5 amide bonds. The van der Waals surface area contributed by atoms with E-state index in [1.807, 2.05) is 36.4 Å². The van der Waals surface area contributed by atoms with E-state index in [-0.39, 0.29) is 54.2 Å². The Morgan fingerprint density at radius 1 is 1.08 bits per heavy atom. The highest BCUT2D eigenvalue weighted by molar-refractivity contribution is 7.99. The average Bonchev–Trinajstić information content (AvgIpc) is 4.01. The third-order valence-electron chi connectivity index (χ3n) is 16.8. The van der Waals surface area contributed by atoms with Crippen molar-refractivity contribution in [2.24, 2.45) is 17.3 Å². The van der Waals surface area contributed by atoms with Crippen molar-refractivity contribution in [3.63, 3.8) is 0 Å². The SMILES string of the molecule is C=CC(=O)N1CCN(C)C2(CCN(C(=O)N(C)[C@H](C(=O)NC(SC)C3Cc4nc(cs4)-c4ccc5c(c4)c4c(n5CC)-c5cccnc5[C@@H](OC)C4C(C)(C)COC(=O)[C@@]4(C)CCCN(N4)C3=O)C(C)C)CC2)C1. The number of aryl methyl sites for hydroxylation is 1. The number of rotatable bonds is 9. The number of hydrogen-bond donors (Lipinski definition) is 2. The van der Waals surface area contributed by atoms with E-state index in [1.165, 1.54) is 39.1 Å². The van der Waals surface area contributed by atoms with Gasteiger partial charge in [0.25, 0.3) is 0 Å². The first-order valence-electron chi connectivity index (χ1n) is 26.1. The zero-order valence-corrected chi connectivity index (χ0v) is 46.4. The van der Waals surface area contributed by atoms with Crippen LogP contribution in [-0.2, 0) is 41.6 Å². The Hall–Kier alpha value is -5.34. The highest BCUT2D eigenvalue weighted by Crippen LogP contribution is 2.57. The summed E-state index contributed by atoms with van der Waals surface area (Å²) in [6.45, 7) is 19.7. The number of amides is 5. The molecule has 3 fully saturated rings. The Labute approximate surface area is 443 Å². The zero-order valence-electron chi connectivity index (χ0n) is 44.7. The topological polar surface area (TPSA) is 175 Å². The number of thioether (sulfide) groups is 1. The summed E-state index contributed by atoms with van der Waals surface area (Å²) in [6.07, 6.45) is 7.15. The number of urea groups is 1. The largest absolute Gasteiger partial charge is 0.464 e. The average molecular weight is 1050 g/mol. The Balaban J connectivity index is 1.03. The van der Waals surface area contributed by atoms with E-state index < -0.39 is 40.4 Å². The first kappa shape index (κ1) is 53.5. The predicted molar refractivity (Wildman–Crippen MR) is 289 cm³/mol. The number of likely N-dealkylation sites (N-methyl/N-ethyl adjacent to an activating group) is 2. The summed E-state index contributed by atoms with van der Waals surface area (Å²) in [7, 11) is 5.48. The minimum Gasteiger partial charge on any atom is -0.464 e. The molecule has 6 bridgehead atoms.